The number of nitrogens with zero attached hydrogens (tertiary/aromatic N) is 1. The lowest BCUT2D eigenvalue weighted by Crippen LogP contribution is -2.13. The van der Waals surface area contributed by atoms with Gasteiger partial charge in [0.1, 0.15) is 29.8 Å². The van der Waals surface area contributed by atoms with E-state index in [0.29, 0.717) is 27.6 Å². The van der Waals surface area contributed by atoms with Gasteiger partial charge in [0.05, 0.1) is 0 Å². The summed E-state index contributed by atoms with van der Waals surface area (Å²) in [6, 6.07) is 21.7. The van der Waals surface area contributed by atoms with Gasteiger partial charge < -0.3 is 10.1 Å². The van der Waals surface area contributed by atoms with Crippen LogP contribution in [0.1, 0.15) is 11.1 Å². The fourth-order valence-corrected chi connectivity index (χ4v) is 2.61. The zero-order valence-electron chi connectivity index (χ0n) is 15.2. The number of nitriles is 1. The van der Waals surface area contributed by atoms with Crippen molar-refractivity contribution in [3.05, 3.63) is 100 Å². The van der Waals surface area contributed by atoms with Crippen LogP contribution in [0.5, 0.6) is 5.75 Å². The maximum absolute atomic E-state index is 13.6. The molecule has 0 fully saturated rings. The Bertz CT molecular complexity index is 1070. The van der Waals surface area contributed by atoms with Gasteiger partial charge in [0.15, 0.2) is 0 Å². The number of carbonyl (C=O) groups excluding carboxylic acids is 1. The summed E-state index contributed by atoms with van der Waals surface area (Å²) in [5.41, 5.74) is 1.62. The minimum Gasteiger partial charge on any atom is -0.489 e. The Morgan fingerprint density at radius 2 is 1.76 bits per heavy atom. The number of anilines is 1. The molecule has 6 heteroatoms. The summed E-state index contributed by atoms with van der Waals surface area (Å²) in [7, 11) is 0. The van der Waals surface area contributed by atoms with Gasteiger partial charge in [0, 0.05) is 16.3 Å². The third kappa shape index (κ3) is 5.68. The second-order valence-electron chi connectivity index (χ2n) is 6.08. The van der Waals surface area contributed by atoms with Crippen LogP contribution >= 0.6 is 11.6 Å². The molecule has 0 bridgehead atoms. The van der Waals surface area contributed by atoms with E-state index in [4.69, 9.17) is 16.3 Å². The quantitative estimate of drug-likeness (QED) is 0.428. The largest absolute Gasteiger partial charge is 0.489 e. The van der Waals surface area contributed by atoms with E-state index in [9.17, 15) is 14.4 Å². The highest BCUT2D eigenvalue weighted by atomic mass is 35.5. The van der Waals surface area contributed by atoms with Gasteiger partial charge in [-0.3, -0.25) is 4.79 Å². The summed E-state index contributed by atoms with van der Waals surface area (Å²) in [6.45, 7) is 0.106. The summed E-state index contributed by atoms with van der Waals surface area (Å²) in [4.78, 5) is 12.3. The van der Waals surface area contributed by atoms with Gasteiger partial charge in [-0.25, -0.2) is 4.39 Å². The highest BCUT2D eigenvalue weighted by molar-refractivity contribution is 6.30. The highest BCUT2D eigenvalue weighted by Crippen LogP contribution is 2.18. The Morgan fingerprint density at radius 1 is 1.07 bits per heavy atom. The van der Waals surface area contributed by atoms with Gasteiger partial charge >= 0.3 is 0 Å². The Hall–Kier alpha value is -3.62. The van der Waals surface area contributed by atoms with Crippen LogP contribution in [-0.2, 0) is 11.4 Å². The van der Waals surface area contributed by atoms with Crippen molar-refractivity contribution in [2.75, 3.05) is 5.32 Å². The molecule has 1 amide bonds. The zero-order chi connectivity index (χ0) is 20.6. The van der Waals surface area contributed by atoms with Gasteiger partial charge in [0.25, 0.3) is 5.91 Å². The van der Waals surface area contributed by atoms with Crippen molar-refractivity contribution in [1.82, 2.24) is 0 Å². The first-order valence-electron chi connectivity index (χ1n) is 8.70. The van der Waals surface area contributed by atoms with E-state index in [-0.39, 0.29) is 18.0 Å². The molecule has 3 aromatic rings. The molecule has 144 valence electrons. The molecular formula is C23H16ClFN2O2. The van der Waals surface area contributed by atoms with Crippen LogP contribution in [0.25, 0.3) is 6.08 Å². The Kier molecular flexibility index (Phi) is 6.62. The van der Waals surface area contributed by atoms with Crippen LogP contribution in [0.3, 0.4) is 0 Å². The van der Waals surface area contributed by atoms with Gasteiger partial charge in [-0.05, 0) is 54.1 Å². The predicted octanol–water partition coefficient (Wildman–Crippen LogP) is 5.60. The second-order valence-corrected chi connectivity index (χ2v) is 6.52. The number of ether oxygens (including phenoxy) is 1. The second kappa shape index (κ2) is 9.54. The molecule has 4 nitrogen and oxygen atoms in total. The van der Waals surface area contributed by atoms with E-state index in [0.717, 1.165) is 0 Å². The molecular weight excluding hydrogens is 391 g/mol. The molecule has 3 rings (SSSR count). The van der Waals surface area contributed by atoms with Crippen molar-refractivity contribution >= 4 is 29.3 Å². The van der Waals surface area contributed by atoms with E-state index in [1.54, 1.807) is 66.7 Å². The third-order valence-corrected chi connectivity index (χ3v) is 4.26. The molecule has 0 saturated heterocycles. The van der Waals surface area contributed by atoms with Gasteiger partial charge in [-0.15, -0.1) is 0 Å². The molecule has 3 aromatic carbocycles. The molecule has 0 atom stereocenters. The molecule has 0 aliphatic heterocycles. The highest BCUT2D eigenvalue weighted by Gasteiger charge is 2.10. The van der Waals surface area contributed by atoms with Crippen LogP contribution in [0.4, 0.5) is 10.1 Å². The first kappa shape index (κ1) is 20.1. The molecule has 0 radical (unpaired) electrons. The van der Waals surface area contributed by atoms with Crippen molar-refractivity contribution in [1.29, 1.82) is 5.26 Å². The summed E-state index contributed by atoms with van der Waals surface area (Å²) in [6.07, 6.45) is 1.48. The smallest absolute Gasteiger partial charge is 0.266 e. The lowest BCUT2D eigenvalue weighted by Gasteiger charge is -2.07. The van der Waals surface area contributed by atoms with Crippen molar-refractivity contribution < 1.29 is 13.9 Å². The summed E-state index contributed by atoms with van der Waals surface area (Å²) >= 11 is 5.82. The summed E-state index contributed by atoms with van der Waals surface area (Å²) in [5, 5.41) is 12.5. The minimum atomic E-state index is -0.519. The van der Waals surface area contributed by atoms with Gasteiger partial charge in [-0.2, -0.15) is 5.26 Å². The SMILES string of the molecule is N#C/C(=C\c1ccc(OCc2ccccc2F)cc1)C(=O)Nc1ccc(Cl)cc1. The topological polar surface area (TPSA) is 62.1 Å². The third-order valence-electron chi connectivity index (χ3n) is 4.01. The van der Waals surface area contributed by atoms with Crippen molar-refractivity contribution in [2.45, 2.75) is 6.61 Å². The van der Waals surface area contributed by atoms with Crippen molar-refractivity contribution in [2.24, 2.45) is 0 Å². The molecule has 0 heterocycles. The summed E-state index contributed by atoms with van der Waals surface area (Å²) in [5.74, 6) is -0.290. The number of benzene rings is 3. The van der Waals surface area contributed by atoms with Crippen LogP contribution in [-0.4, -0.2) is 5.91 Å². The molecule has 0 saturated carbocycles. The van der Waals surface area contributed by atoms with Crippen LogP contribution in [0.2, 0.25) is 5.02 Å². The number of hydrogen-bond acceptors (Lipinski definition) is 3. The number of halogens is 2. The van der Waals surface area contributed by atoms with Crippen LogP contribution in [0.15, 0.2) is 78.4 Å². The normalized spacial score (nSPS) is 10.9. The standard InChI is InChI=1S/C23H16ClFN2O2/c24-19-7-9-20(10-8-19)27-23(28)18(14-26)13-16-5-11-21(12-6-16)29-15-17-3-1-2-4-22(17)25/h1-13H,15H2,(H,27,28)/b18-13+. The molecule has 0 unspecified atom stereocenters. The van der Waals surface area contributed by atoms with Crippen LogP contribution < -0.4 is 10.1 Å². The Labute approximate surface area is 172 Å². The van der Waals surface area contributed by atoms with E-state index in [2.05, 4.69) is 5.32 Å². The van der Waals surface area contributed by atoms with Gasteiger partial charge in [-0.1, -0.05) is 41.9 Å². The predicted molar refractivity (Wildman–Crippen MR) is 111 cm³/mol. The number of hydrogen-bond donors (Lipinski definition) is 1. The van der Waals surface area contributed by atoms with E-state index in [1.807, 2.05) is 6.07 Å². The lowest BCUT2D eigenvalue weighted by atomic mass is 10.1. The van der Waals surface area contributed by atoms with Crippen molar-refractivity contribution in [3.8, 4) is 11.8 Å². The molecule has 0 spiro atoms. The molecule has 0 aliphatic carbocycles. The maximum Gasteiger partial charge on any atom is 0.266 e. The molecule has 0 aliphatic rings. The van der Waals surface area contributed by atoms with Crippen LogP contribution in [0, 0.1) is 17.1 Å². The minimum absolute atomic E-state index is 0.0417. The number of rotatable bonds is 6. The van der Waals surface area contributed by atoms with Gasteiger partial charge in [0.2, 0.25) is 0 Å². The summed E-state index contributed by atoms with van der Waals surface area (Å²) < 4.78 is 19.2. The first-order chi connectivity index (χ1) is 14.0. The Balaban J connectivity index is 1.65. The van der Waals surface area contributed by atoms with E-state index < -0.39 is 5.91 Å². The molecule has 29 heavy (non-hydrogen) atoms. The number of nitrogens with one attached hydrogen (secondary N) is 1. The van der Waals surface area contributed by atoms with E-state index >= 15 is 0 Å². The fourth-order valence-electron chi connectivity index (χ4n) is 2.48. The first-order valence-corrected chi connectivity index (χ1v) is 9.08. The number of carbonyl (C=O) groups is 1. The monoisotopic (exact) mass is 406 g/mol. The van der Waals surface area contributed by atoms with Crippen molar-refractivity contribution in [3.63, 3.8) is 0 Å². The average Bonchev–Trinajstić information content (AvgIpc) is 2.74. The molecule has 1 N–H and O–H groups in total. The Morgan fingerprint density at radius 3 is 2.41 bits per heavy atom. The zero-order valence-corrected chi connectivity index (χ0v) is 16.0. The van der Waals surface area contributed by atoms with E-state index in [1.165, 1.54) is 12.1 Å². The molecule has 0 aromatic heterocycles. The fraction of sp³-hybridized carbons (Fsp3) is 0.0435. The lowest BCUT2D eigenvalue weighted by molar-refractivity contribution is -0.112. The number of amides is 1. The average molecular weight is 407 g/mol. The maximum atomic E-state index is 13.6.